The Hall–Kier alpha value is -2.37. The number of rotatable bonds is 4. The molecular weight excluding hydrogens is 258 g/mol. The maximum atomic E-state index is 12.4. The van der Waals surface area contributed by atoms with Gasteiger partial charge in [-0.05, 0) is 36.8 Å². The normalized spacial score (nSPS) is 20.2. The monoisotopic (exact) mass is 273 g/mol. The molecule has 1 fully saturated rings. The third-order valence-electron chi connectivity index (χ3n) is 3.61. The minimum atomic E-state index is -0.409. The van der Waals surface area contributed by atoms with Gasteiger partial charge in [0.25, 0.3) is 11.8 Å². The van der Waals surface area contributed by atoms with Crippen molar-refractivity contribution in [1.29, 1.82) is 0 Å². The number of amides is 3. The molecule has 0 atom stereocenters. The summed E-state index contributed by atoms with van der Waals surface area (Å²) < 4.78 is 0. The molecule has 0 unspecified atom stereocenters. The van der Waals surface area contributed by atoms with Crippen LogP contribution in [0.3, 0.4) is 0 Å². The smallest absolute Gasteiger partial charge is 0.259 e. The Bertz CT molecular complexity index is 580. The van der Waals surface area contributed by atoms with Crippen molar-refractivity contribution in [1.82, 2.24) is 15.8 Å². The third kappa shape index (κ3) is 2.13. The molecule has 2 N–H and O–H groups in total. The molecule has 3 rings (SSSR count). The van der Waals surface area contributed by atoms with Crippen LogP contribution in [-0.2, 0) is 14.4 Å². The number of nitrogens with zero attached hydrogens (tertiary/aromatic N) is 1. The Labute approximate surface area is 116 Å². The van der Waals surface area contributed by atoms with Crippen molar-refractivity contribution in [2.75, 3.05) is 6.54 Å². The second-order valence-electron chi connectivity index (χ2n) is 4.99. The Morgan fingerprint density at radius 3 is 2.85 bits per heavy atom. The van der Waals surface area contributed by atoms with E-state index in [1.165, 1.54) is 10.5 Å². The van der Waals surface area contributed by atoms with Crippen LogP contribution in [0.5, 0.6) is 0 Å². The molecule has 6 nitrogen and oxygen atoms in total. The van der Waals surface area contributed by atoms with E-state index in [-0.39, 0.29) is 12.5 Å². The number of allylic oxidation sites excluding steroid dienone is 3. The lowest BCUT2D eigenvalue weighted by Gasteiger charge is -2.19. The van der Waals surface area contributed by atoms with Crippen molar-refractivity contribution in [3.8, 4) is 0 Å². The predicted octanol–water partition coefficient (Wildman–Crippen LogP) is 0.300. The van der Waals surface area contributed by atoms with Gasteiger partial charge in [0, 0.05) is 11.3 Å². The SMILES string of the molecule is O=CNNC(=O)CN1C(=O)C2=C(CCC=C2)C1=C1CC1. The molecule has 104 valence electrons. The molecule has 0 saturated heterocycles. The maximum Gasteiger partial charge on any atom is 0.259 e. The summed E-state index contributed by atoms with van der Waals surface area (Å²) in [5, 5.41) is 0. The molecule has 0 spiro atoms. The summed E-state index contributed by atoms with van der Waals surface area (Å²) in [6.45, 7) is -0.0701. The van der Waals surface area contributed by atoms with Crippen LogP contribution in [-0.4, -0.2) is 29.7 Å². The van der Waals surface area contributed by atoms with Crippen molar-refractivity contribution < 1.29 is 14.4 Å². The lowest BCUT2D eigenvalue weighted by Crippen LogP contribution is -2.43. The first-order valence-corrected chi connectivity index (χ1v) is 6.64. The first-order chi connectivity index (χ1) is 9.72. The van der Waals surface area contributed by atoms with E-state index in [2.05, 4.69) is 10.9 Å². The van der Waals surface area contributed by atoms with Gasteiger partial charge < -0.3 is 0 Å². The molecule has 0 radical (unpaired) electrons. The highest BCUT2D eigenvalue weighted by Crippen LogP contribution is 2.44. The van der Waals surface area contributed by atoms with E-state index in [9.17, 15) is 14.4 Å². The highest BCUT2D eigenvalue weighted by Gasteiger charge is 2.38. The number of carbonyl (C=O) groups is 3. The van der Waals surface area contributed by atoms with Gasteiger partial charge in [0.05, 0.1) is 0 Å². The zero-order valence-corrected chi connectivity index (χ0v) is 10.9. The van der Waals surface area contributed by atoms with Crippen molar-refractivity contribution in [2.45, 2.75) is 25.7 Å². The summed E-state index contributed by atoms with van der Waals surface area (Å²) in [6, 6.07) is 0. The maximum absolute atomic E-state index is 12.4. The van der Waals surface area contributed by atoms with E-state index in [4.69, 9.17) is 0 Å². The summed E-state index contributed by atoms with van der Waals surface area (Å²) in [5.74, 6) is -0.528. The van der Waals surface area contributed by atoms with E-state index in [0.717, 1.165) is 37.0 Å². The molecule has 2 aliphatic carbocycles. The largest absolute Gasteiger partial charge is 0.299 e. The average Bonchev–Trinajstić information content (AvgIpc) is 3.25. The van der Waals surface area contributed by atoms with Gasteiger partial charge in [0.1, 0.15) is 6.54 Å². The van der Waals surface area contributed by atoms with E-state index >= 15 is 0 Å². The first kappa shape index (κ1) is 12.7. The first-order valence-electron chi connectivity index (χ1n) is 6.64. The lowest BCUT2D eigenvalue weighted by atomic mass is 9.97. The van der Waals surface area contributed by atoms with Crippen LogP contribution in [0.4, 0.5) is 0 Å². The fraction of sp³-hybridized carbons (Fsp3) is 0.357. The van der Waals surface area contributed by atoms with E-state index < -0.39 is 5.91 Å². The molecule has 1 heterocycles. The Kier molecular flexibility index (Phi) is 3.14. The van der Waals surface area contributed by atoms with Crippen LogP contribution >= 0.6 is 0 Å². The quantitative estimate of drug-likeness (QED) is 0.571. The molecule has 6 heteroatoms. The second-order valence-corrected chi connectivity index (χ2v) is 4.99. The van der Waals surface area contributed by atoms with Gasteiger partial charge in [-0.25, -0.2) is 0 Å². The third-order valence-corrected chi connectivity index (χ3v) is 3.61. The summed E-state index contributed by atoms with van der Waals surface area (Å²) in [5.41, 5.74) is 8.29. The molecule has 3 aliphatic rings. The molecule has 0 aromatic carbocycles. The van der Waals surface area contributed by atoms with E-state index in [1.54, 1.807) is 0 Å². The summed E-state index contributed by atoms with van der Waals surface area (Å²) in [4.78, 5) is 35.8. The van der Waals surface area contributed by atoms with Gasteiger partial charge in [0.15, 0.2) is 0 Å². The van der Waals surface area contributed by atoms with Crippen LogP contribution < -0.4 is 10.9 Å². The molecular formula is C14H15N3O3. The fourth-order valence-electron chi connectivity index (χ4n) is 2.67. The van der Waals surface area contributed by atoms with Gasteiger partial charge in [-0.3, -0.25) is 30.1 Å². The summed E-state index contributed by atoms with van der Waals surface area (Å²) in [6.07, 6.45) is 7.99. The van der Waals surface area contributed by atoms with Gasteiger partial charge >= 0.3 is 0 Å². The van der Waals surface area contributed by atoms with Gasteiger partial charge in [-0.15, -0.1) is 0 Å². The highest BCUT2D eigenvalue weighted by atomic mass is 16.2. The van der Waals surface area contributed by atoms with Gasteiger partial charge in [0.2, 0.25) is 6.41 Å². The predicted molar refractivity (Wildman–Crippen MR) is 70.7 cm³/mol. The number of hydrogen-bond donors (Lipinski definition) is 2. The summed E-state index contributed by atoms with van der Waals surface area (Å²) in [7, 11) is 0. The standard InChI is InChI=1S/C14H15N3O3/c18-8-15-16-12(19)7-17-13(9-5-6-9)10-3-1-2-4-11(10)14(17)20/h2,4,8H,1,3,5-7H2,(H,15,18)(H,16,19). The topological polar surface area (TPSA) is 78.5 Å². The number of hydrazine groups is 1. The average molecular weight is 273 g/mol. The van der Waals surface area contributed by atoms with E-state index in [0.29, 0.717) is 12.0 Å². The van der Waals surface area contributed by atoms with Crippen LogP contribution in [0.25, 0.3) is 0 Å². The fourth-order valence-corrected chi connectivity index (χ4v) is 2.67. The summed E-state index contributed by atoms with van der Waals surface area (Å²) >= 11 is 0. The van der Waals surface area contributed by atoms with Crippen LogP contribution in [0, 0.1) is 0 Å². The molecule has 3 amide bonds. The minimum absolute atomic E-state index is 0.0701. The number of hydrogen-bond acceptors (Lipinski definition) is 3. The van der Waals surface area contributed by atoms with Crippen LogP contribution in [0.1, 0.15) is 25.7 Å². The van der Waals surface area contributed by atoms with Crippen molar-refractivity contribution in [2.24, 2.45) is 0 Å². The Balaban J connectivity index is 1.84. The molecule has 1 saturated carbocycles. The van der Waals surface area contributed by atoms with E-state index in [1.807, 2.05) is 12.2 Å². The Morgan fingerprint density at radius 1 is 1.35 bits per heavy atom. The zero-order valence-electron chi connectivity index (χ0n) is 10.9. The van der Waals surface area contributed by atoms with Crippen LogP contribution in [0.15, 0.2) is 34.6 Å². The highest BCUT2D eigenvalue weighted by molar-refractivity contribution is 6.05. The lowest BCUT2D eigenvalue weighted by molar-refractivity contribution is -0.131. The number of carbonyl (C=O) groups excluding carboxylic acids is 3. The number of nitrogens with one attached hydrogen (secondary N) is 2. The van der Waals surface area contributed by atoms with Gasteiger partial charge in [-0.2, -0.15) is 0 Å². The Morgan fingerprint density at radius 2 is 2.15 bits per heavy atom. The minimum Gasteiger partial charge on any atom is -0.299 e. The molecule has 20 heavy (non-hydrogen) atoms. The van der Waals surface area contributed by atoms with Crippen LogP contribution in [0.2, 0.25) is 0 Å². The zero-order chi connectivity index (χ0) is 14.1. The van der Waals surface area contributed by atoms with Crippen molar-refractivity contribution in [3.63, 3.8) is 0 Å². The molecule has 0 aromatic heterocycles. The molecule has 0 aromatic rings. The molecule has 1 aliphatic heterocycles. The molecule has 0 bridgehead atoms. The van der Waals surface area contributed by atoms with Gasteiger partial charge in [-0.1, -0.05) is 12.2 Å². The van der Waals surface area contributed by atoms with Crippen molar-refractivity contribution in [3.05, 3.63) is 34.6 Å². The second kappa shape index (κ2) is 4.96. The van der Waals surface area contributed by atoms with Crippen molar-refractivity contribution >= 4 is 18.2 Å².